The summed E-state index contributed by atoms with van der Waals surface area (Å²) in [5, 5.41) is 2.77. The van der Waals surface area contributed by atoms with Crippen LogP contribution in [0.4, 0.5) is 5.69 Å². The number of benzene rings is 1. The van der Waals surface area contributed by atoms with Gasteiger partial charge < -0.3 is 14.5 Å². The standard InChI is InChI=1S/C17H19NO4S/c1-21-10-11-23(20)13-14-4-2-5-15(12-14)18-17(19)8-7-16-6-3-9-22-16/h2-9,12H,10-11,13H2,1H3,(H,18,19)/b8-7+/t23-/m0/s1. The van der Waals surface area contributed by atoms with E-state index < -0.39 is 10.8 Å². The van der Waals surface area contributed by atoms with Gasteiger partial charge in [-0.2, -0.15) is 0 Å². The summed E-state index contributed by atoms with van der Waals surface area (Å²) in [6, 6.07) is 10.8. The van der Waals surface area contributed by atoms with Crippen LogP contribution >= 0.6 is 0 Å². The Balaban J connectivity index is 1.91. The largest absolute Gasteiger partial charge is 0.465 e. The van der Waals surface area contributed by atoms with Gasteiger partial charge in [0.25, 0.3) is 0 Å². The molecule has 1 amide bonds. The van der Waals surface area contributed by atoms with E-state index in [0.29, 0.717) is 29.6 Å². The lowest BCUT2D eigenvalue weighted by molar-refractivity contribution is -0.111. The van der Waals surface area contributed by atoms with Gasteiger partial charge in [-0.1, -0.05) is 12.1 Å². The minimum Gasteiger partial charge on any atom is -0.465 e. The molecule has 1 aromatic carbocycles. The Morgan fingerprint density at radius 1 is 1.35 bits per heavy atom. The maximum atomic E-state index is 11.9. The topological polar surface area (TPSA) is 68.5 Å². The van der Waals surface area contributed by atoms with Gasteiger partial charge in [-0.3, -0.25) is 9.00 Å². The average Bonchev–Trinajstić information content (AvgIpc) is 3.05. The Hall–Kier alpha value is -2.18. The first kappa shape index (κ1) is 17.2. The molecule has 2 aromatic rings. The van der Waals surface area contributed by atoms with Gasteiger partial charge in [0.15, 0.2) is 0 Å². The molecule has 0 spiro atoms. The summed E-state index contributed by atoms with van der Waals surface area (Å²) in [5.74, 6) is 1.30. The van der Waals surface area contributed by atoms with Crippen molar-refractivity contribution in [1.29, 1.82) is 0 Å². The summed E-state index contributed by atoms with van der Waals surface area (Å²) >= 11 is 0. The van der Waals surface area contributed by atoms with Crippen molar-refractivity contribution in [1.82, 2.24) is 0 Å². The molecule has 23 heavy (non-hydrogen) atoms. The first-order chi connectivity index (χ1) is 11.2. The number of amides is 1. The van der Waals surface area contributed by atoms with E-state index >= 15 is 0 Å². The predicted molar refractivity (Wildman–Crippen MR) is 91.4 cm³/mol. The zero-order chi connectivity index (χ0) is 16.5. The Morgan fingerprint density at radius 2 is 2.22 bits per heavy atom. The second kappa shape index (κ2) is 9.07. The van der Waals surface area contributed by atoms with Gasteiger partial charge in [0.2, 0.25) is 5.91 Å². The minimum atomic E-state index is -0.980. The predicted octanol–water partition coefficient (Wildman–Crippen LogP) is 2.83. The molecule has 1 aromatic heterocycles. The van der Waals surface area contributed by atoms with Crippen LogP contribution in [0.25, 0.3) is 6.08 Å². The highest BCUT2D eigenvalue weighted by Crippen LogP contribution is 2.13. The van der Waals surface area contributed by atoms with E-state index in [0.717, 1.165) is 5.56 Å². The van der Waals surface area contributed by atoms with E-state index in [1.807, 2.05) is 18.2 Å². The van der Waals surface area contributed by atoms with Gasteiger partial charge in [-0.15, -0.1) is 0 Å². The molecular weight excluding hydrogens is 314 g/mol. The van der Waals surface area contributed by atoms with E-state index in [1.165, 1.54) is 6.08 Å². The van der Waals surface area contributed by atoms with Crippen LogP contribution in [-0.4, -0.2) is 29.6 Å². The minimum absolute atomic E-state index is 0.251. The monoisotopic (exact) mass is 333 g/mol. The molecule has 6 heteroatoms. The fourth-order valence-electron chi connectivity index (χ4n) is 1.90. The molecule has 0 saturated carbocycles. The summed E-state index contributed by atoms with van der Waals surface area (Å²) in [6.07, 6.45) is 4.55. The Bertz CT molecular complexity index is 680. The molecule has 0 saturated heterocycles. The van der Waals surface area contributed by atoms with Crippen molar-refractivity contribution in [2.75, 3.05) is 24.8 Å². The quantitative estimate of drug-likeness (QED) is 0.754. The van der Waals surface area contributed by atoms with Crippen molar-refractivity contribution in [3.8, 4) is 0 Å². The van der Waals surface area contributed by atoms with Crippen molar-refractivity contribution in [2.24, 2.45) is 0 Å². The van der Waals surface area contributed by atoms with Crippen LogP contribution in [0.2, 0.25) is 0 Å². The third kappa shape index (κ3) is 6.22. The summed E-state index contributed by atoms with van der Waals surface area (Å²) in [4.78, 5) is 11.9. The number of ether oxygens (including phenoxy) is 1. The first-order valence-electron chi connectivity index (χ1n) is 7.13. The summed E-state index contributed by atoms with van der Waals surface area (Å²) in [6.45, 7) is 0.473. The van der Waals surface area contributed by atoms with Crippen molar-refractivity contribution >= 4 is 28.5 Å². The molecule has 0 bridgehead atoms. The number of methoxy groups -OCH3 is 1. The molecule has 122 valence electrons. The number of carbonyl (C=O) groups excluding carboxylic acids is 1. The van der Waals surface area contributed by atoms with Crippen molar-refractivity contribution in [3.05, 3.63) is 60.1 Å². The number of anilines is 1. The molecule has 1 heterocycles. The highest BCUT2D eigenvalue weighted by atomic mass is 32.2. The van der Waals surface area contributed by atoms with Gasteiger partial charge in [0, 0.05) is 41.2 Å². The second-order valence-electron chi connectivity index (χ2n) is 4.82. The maximum Gasteiger partial charge on any atom is 0.248 e. The van der Waals surface area contributed by atoms with E-state index in [1.54, 1.807) is 37.6 Å². The lowest BCUT2D eigenvalue weighted by atomic mass is 10.2. The molecule has 2 rings (SSSR count). The van der Waals surface area contributed by atoms with E-state index in [9.17, 15) is 9.00 Å². The van der Waals surface area contributed by atoms with Crippen LogP contribution in [0.5, 0.6) is 0 Å². The number of hydrogen-bond acceptors (Lipinski definition) is 4. The third-order valence-electron chi connectivity index (χ3n) is 2.98. The number of hydrogen-bond donors (Lipinski definition) is 1. The van der Waals surface area contributed by atoms with E-state index in [2.05, 4.69) is 5.32 Å². The van der Waals surface area contributed by atoms with Crippen LogP contribution < -0.4 is 5.32 Å². The van der Waals surface area contributed by atoms with Gasteiger partial charge in [-0.25, -0.2) is 0 Å². The fraction of sp³-hybridized carbons (Fsp3) is 0.235. The van der Waals surface area contributed by atoms with Gasteiger partial charge in [-0.05, 0) is 35.9 Å². The van der Waals surface area contributed by atoms with Crippen LogP contribution in [0.1, 0.15) is 11.3 Å². The zero-order valence-electron chi connectivity index (χ0n) is 12.9. The summed E-state index contributed by atoms with van der Waals surface area (Å²) < 4.78 is 21.9. The molecule has 1 N–H and O–H groups in total. The highest BCUT2D eigenvalue weighted by molar-refractivity contribution is 7.84. The molecule has 0 aliphatic rings. The fourth-order valence-corrected chi connectivity index (χ4v) is 2.95. The highest BCUT2D eigenvalue weighted by Gasteiger charge is 2.04. The second-order valence-corrected chi connectivity index (χ2v) is 6.40. The SMILES string of the molecule is COCC[S@](=O)Cc1cccc(NC(=O)/C=C/c2ccco2)c1. The first-order valence-corrected chi connectivity index (χ1v) is 8.61. The molecule has 0 aliphatic carbocycles. The van der Waals surface area contributed by atoms with Crippen LogP contribution in [0.15, 0.2) is 53.2 Å². The molecule has 5 nitrogen and oxygen atoms in total. The number of rotatable bonds is 8. The van der Waals surface area contributed by atoms with E-state index in [-0.39, 0.29) is 5.91 Å². The van der Waals surface area contributed by atoms with E-state index in [4.69, 9.17) is 9.15 Å². The average molecular weight is 333 g/mol. The lowest BCUT2D eigenvalue weighted by Gasteiger charge is -2.06. The summed E-state index contributed by atoms with van der Waals surface area (Å²) in [5.41, 5.74) is 1.58. The smallest absolute Gasteiger partial charge is 0.248 e. The normalized spacial score (nSPS) is 12.4. The van der Waals surface area contributed by atoms with Crippen molar-refractivity contribution in [3.63, 3.8) is 0 Å². The molecule has 0 aliphatic heterocycles. The Kier molecular flexibility index (Phi) is 6.77. The molecule has 0 radical (unpaired) electrons. The van der Waals surface area contributed by atoms with Gasteiger partial charge >= 0.3 is 0 Å². The summed E-state index contributed by atoms with van der Waals surface area (Å²) in [7, 11) is 0.607. The van der Waals surface area contributed by atoms with Gasteiger partial charge in [0.1, 0.15) is 5.76 Å². The Morgan fingerprint density at radius 3 is 2.96 bits per heavy atom. The van der Waals surface area contributed by atoms with Crippen molar-refractivity contribution in [2.45, 2.75) is 5.75 Å². The maximum absolute atomic E-state index is 11.9. The van der Waals surface area contributed by atoms with Crippen LogP contribution in [0, 0.1) is 0 Å². The lowest BCUT2D eigenvalue weighted by Crippen LogP contribution is -2.09. The molecular formula is C17H19NO4S. The van der Waals surface area contributed by atoms with Crippen molar-refractivity contribution < 1.29 is 18.2 Å². The van der Waals surface area contributed by atoms with Crippen LogP contribution in [0.3, 0.4) is 0 Å². The van der Waals surface area contributed by atoms with Gasteiger partial charge in [0.05, 0.1) is 12.9 Å². The Labute approximate surface area is 137 Å². The molecule has 0 unspecified atom stereocenters. The number of carbonyl (C=O) groups is 1. The number of nitrogens with one attached hydrogen (secondary N) is 1. The zero-order valence-corrected chi connectivity index (χ0v) is 13.7. The van der Waals surface area contributed by atoms with Crippen LogP contribution in [-0.2, 0) is 26.1 Å². The number of furan rings is 1. The third-order valence-corrected chi connectivity index (χ3v) is 4.26. The molecule has 0 fully saturated rings. The molecule has 1 atom stereocenters.